The Hall–Kier alpha value is -0.843. The monoisotopic (exact) mass is 309 g/mol. The zero-order valence-corrected chi connectivity index (χ0v) is 15.7. The van der Waals surface area contributed by atoms with Crippen LogP contribution in [0.4, 0.5) is 5.69 Å². The molecule has 0 aliphatic heterocycles. The number of para-hydroxylation sites is 1. The number of nitrogens with zero attached hydrogens (tertiary/aromatic N) is 1. The largest absolute Gasteiger partial charge is 0.371 e. The quantitative estimate of drug-likeness (QED) is 0.490. The smallest absolute Gasteiger partial charge is 0.134 e. The molecule has 0 fully saturated rings. The van der Waals surface area contributed by atoms with Gasteiger partial charge in [0.1, 0.15) is 5.91 Å². The third-order valence-corrected chi connectivity index (χ3v) is 5.84. The number of rotatable bonds is 10. The van der Waals surface area contributed by atoms with Gasteiger partial charge in [0.05, 0.1) is 9.52 Å². The summed E-state index contributed by atoms with van der Waals surface area (Å²) >= 11 is 0. The molecular weight excluding hydrogens is 278 g/mol. The standard InChI is InChI=1S/C17H31NO2Si/c1-6-18(15-10-8-7-9-11-15)14-17(2,3)12-13-21-16(19-4)20-5/h7-11,16H,6,12-14,21H2,1-5H3. The van der Waals surface area contributed by atoms with Crippen LogP contribution in [0.15, 0.2) is 30.3 Å². The minimum atomic E-state index is -0.321. The fourth-order valence-corrected chi connectivity index (χ4v) is 4.67. The van der Waals surface area contributed by atoms with E-state index in [1.807, 2.05) is 0 Å². The van der Waals surface area contributed by atoms with Crippen LogP contribution in [0.25, 0.3) is 0 Å². The predicted octanol–water partition coefficient (Wildman–Crippen LogP) is 3.09. The molecule has 0 radical (unpaired) electrons. The zero-order valence-electron chi connectivity index (χ0n) is 14.3. The predicted molar refractivity (Wildman–Crippen MR) is 93.9 cm³/mol. The number of anilines is 1. The van der Waals surface area contributed by atoms with Crippen molar-refractivity contribution in [1.29, 1.82) is 0 Å². The SMILES string of the molecule is CCN(CC(C)(C)CC[SiH2]C(OC)OC)c1ccccc1. The lowest BCUT2D eigenvalue weighted by Crippen LogP contribution is -2.35. The minimum absolute atomic E-state index is 0.0669. The highest BCUT2D eigenvalue weighted by Crippen LogP contribution is 2.27. The fourth-order valence-electron chi connectivity index (χ4n) is 2.70. The van der Waals surface area contributed by atoms with E-state index in [-0.39, 0.29) is 15.4 Å². The van der Waals surface area contributed by atoms with E-state index in [1.165, 1.54) is 18.2 Å². The molecule has 21 heavy (non-hydrogen) atoms. The van der Waals surface area contributed by atoms with Crippen molar-refractivity contribution in [3.63, 3.8) is 0 Å². The highest BCUT2D eigenvalue weighted by molar-refractivity contribution is 6.36. The molecule has 0 unspecified atom stereocenters. The van der Waals surface area contributed by atoms with Gasteiger partial charge >= 0.3 is 0 Å². The Balaban J connectivity index is 2.50. The van der Waals surface area contributed by atoms with E-state index in [0.717, 1.165) is 13.1 Å². The van der Waals surface area contributed by atoms with E-state index in [0.29, 0.717) is 5.41 Å². The van der Waals surface area contributed by atoms with Crippen LogP contribution in [0, 0.1) is 5.41 Å². The first-order chi connectivity index (χ1) is 10.0. The summed E-state index contributed by atoms with van der Waals surface area (Å²) in [4.78, 5) is 2.46. The summed E-state index contributed by atoms with van der Waals surface area (Å²) < 4.78 is 10.6. The van der Waals surface area contributed by atoms with Crippen molar-refractivity contribution in [2.75, 3.05) is 32.2 Å². The molecule has 120 valence electrons. The van der Waals surface area contributed by atoms with Crippen LogP contribution in [-0.4, -0.2) is 42.7 Å². The number of ether oxygens (including phenoxy) is 2. The summed E-state index contributed by atoms with van der Waals surface area (Å²) in [6.45, 7) is 9.09. The molecule has 0 aliphatic rings. The molecule has 0 aromatic heterocycles. The van der Waals surface area contributed by atoms with E-state index in [9.17, 15) is 0 Å². The van der Waals surface area contributed by atoms with Crippen LogP contribution in [0.2, 0.25) is 6.04 Å². The van der Waals surface area contributed by atoms with Gasteiger partial charge in [0, 0.05) is 33.0 Å². The van der Waals surface area contributed by atoms with Crippen LogP contribution in [0.3, 0.4) is 0 Å². The van der Waals surface area contributed by atoms with E-state index in [4.69, 9.17) is 9.47 Å². The van der Waals surface area contributed by atoms with Crippen molar-refractivity contribution < 1.29 is 9.47 Å². The van der Waals surface area contributed by atoms with Gasteiger partial charge in [-0.3, -0.25) is 0 Å². The van der Waals surface area contributed by atoms with Gasteiger partial charge in [-0.1, -0.05) is 38.1 Å². The maximum absolute atomic E-state index is 5.31. The molecule has 1 rings (SSSR count). The maximum atomic E-state index is 5.31. The van der Waals surface area contributed by atoms with Crippen molar-refractivity contribution in [2.24, 2.45) is 5.41 Å². The summed E-state index contributed by atoms with van der Waals surface area (Å²) in [7, 11) is 3.15. The van der Waals surface area contributed by atoms with Crippen molar-refractivity contribution in [3.05, 3.63) is 30.3 Å². The first kappa shape index (κ1) is 18.2. The summed E-state index contributed by atoms with van der Waals surface area (Å²) in [6, 6.07) is 11.9. The number of hydrogen-bond donors (Lipinski definition) is 0. The van der Waals surface area contributed by atoms with E-state index in [2.05, 4.69) is 56.0 Å². The molecule has 3 nitrogen and oxygen atoms in total. The molecule has 0 amide bonds. The summed E-state index contributed by atoms with van der Waals surface area (Å²) in [5, 5.41) is 0. The van der Waals surface area contributed by atoms with Crippen molar-refractivity contribution in [1.82, 2.24) is 0 Å². The Morgan fingerprint density at radius 1 is 1.14 bits per heavy atom. The molecule has 0 bridgehead atoms. The van der Waals surface area contributed by atoms with Crippen LogP contribution in [0.5, 0.6) is 0 Å². The van der Waals surface area contributed by atoms with E-state index >= 15 is 0 Å². The lowest BCUT2D eigenvalue weighted by molar-refractivity contribution is -0.0442. The van der Waals surface area contributed by atoms with Crippen LogP contribution >= 0.6 is 0 Å². The van der Waals surface area contributed by atoms with E-state index in [1.54, 1.807) is 14.2 Å². The van der Waals surface area contributed by atoms with Crippen molar-refractivity contribution in [2.45, 2.75) is 39.1 Å². The highest BCUT2D eigenvalue weighted by atomic mass is 28.2. The van der Waals surface area contributed by atoms with Gasteiger partial charge in [-0.05, 0) is 30.9 Å². The van der Waals surface area contributed by atoms with Crippen molar-refractivity contribution >= 4 is 15.2 Å². The summed E-state index contributed by atoms with van der Waals surface area (Å²) in [5.74, 6) is 0.0669. The maximum Gasteiger partial charge on any atom is 0.134 e. The second kappa shape index (κ2) is 9.23. The van der Waals surface area contributed by atoms with Gasteiger partial charge in [-0.2, -0.15) is 0 Å². The lowest BCUT2D eigenvalue weighted by atomic mass is 9.89. The Bertz CT molecular complexity index is 380. The van der Waals surface area contributed by atoms with Crippen LogP contribution < -0.4 is 4.90 Å². The first-order valence-electron chi connectivity index (χ1n) is 7.88. The highest BCUT2D eigenvalue weighted by Gasteiger charge is 2.22. The molecule has 0 aliphatic carbocycles. The van der Waals surface area contributed by atoms with Crippen LogP contribution in [0.1, 0.15) is 27.2 Å². The molecule has 0 heterocycles. The third kappa shape index (κ3) is 6.63. The Labute approximate surface area is 132 Å². The Morgan fingerprint density at radius 3 is 2.29 bits per heavy atom. The third-order valence-electron chi connectivity index (χ3n) is 3.94. The van der Waals surface area contributed by atoms with Gasteiger partial charge < -0.3 is 14.4 Å². The number of hydrogen-bond acceptors (Lipinski definition) is 3. The fraction of sp³-hybridized carbons (Fsp3) is 0.647. The Kier molecular flexibility index (Phi) is 8.00. The molecule has 0 atom stereocenters. The van der Waals surface area contributed by atoms with Gasteiger partial charge in [-0.25, -0.2) is 0 Å². The summed E-state index contributed by atoms with van der Waals surface area (Å²) in [5.41, 5.74) is 1.63. The second-order valence-corrected chi connectivity index (χ2v) is 8.26. The topological polar surface area (TPSA) is 21.7 Å². The first-order valence-corrected chi connectivity index (χ1v) is 9.69. The normalized spacial score (nSPS) is 12.5. The van der Waals surface area contributed by atoms with Gasteiger partial charge in [0.25, 0.3) is 0 Å². The minimum Gasteiger partial charge on any atom is -0.371 e. The summed E-state index contributed by atoms with van der Waals surface area (Å²) in [6.07, 6.45) is 1.23. The van der Waals surface area contributed by atoms with Gasteiger partial charge in [-0.15, -0.1) is 0 Å². The number of benzene rings is 1. The number of methoxy groups -OCH3 is 2. The average Bonchev–Trinajstić information content (AvgIpc) is 2.50. The molecule has 0 N–H and O–H groups in total. The molecule has 0 saturated heterocycles. The molecular formula is C17H31NO2Si. The Morgan fingerprint density at radius 2 is 1.76 bits per heavy atom. The van der Waals surface area contributed by atoms with Gasteiger partial charge in [0.15, 0.2) is 0 Å². The lowest BCUT2D eigenvalue weighted by Gasteiger charge is -2.34. The molecule has 1 aromatic carbocycles. The van der Waals surface area contributed by atoms with Crippen molar-refractivity contribution in [3.8, 4) is 0 Å². The zero-order chi connectivity index (χ0) is 15.7. The molecule has 0 saturated carbocycles. The molecule has 1 aromatic rings. The average molecular weight is 310 g/mol. The van der Waals surface area contributed by atoms with Gasteiger partial charge in [0.2, 0.25) is 0 Å². The molecule has 4 heteroatoms. The van der Waals surface area contributed by atoms with E-state index < -0.39 is 0 Å². The second-order valence-electron chi connectivity index (χ2n) is 6.31. The molecule has 0 spiro atoms. The van der Waals surface area contributed by atoms with Crippen LogP contribution in [-0.2, 0) is 9.47 Å².